The minimum absolute atomic E-state index is 0.00553. The number of hydrogen-bond acceptors (Lipinski definition) is 12. The summed E-state index contributed by atoms with van der Waals surface area (Å²) in [7, 11) is 1.43. The Labute approximate surface area is 245 Å². The van der Waals surface area contributed by atoms with Crippen molar-refractivity contribution in [3.63, 3.8) is 0 Å². The smallest absolute Gasteiger partial charge is 0.294 e. The third kappa shape index (κ3) is 5.94. The topological polar surface area (TPSA) is 199 Å². The molecule has 0 fully saturated rings. The largest absolute Gasteiger partial charge is 0.493 e. The van der Waals surface area contributed by atoms with E-state index in [0.29, 0.717) is 11.3 Å². The summed E-state index contributed by atoms with van der Waals surface area (Å²) < 4.78 is 31.2. The number of carbonyl (C=O) groups excluding carboxylic acids is 1. The molecule has 15 nitrogen and oxygen atoms in total. The number of para-hydroxylation sites is 1. The predicted octanol–water partition coefficient (Wildman–Crippen LogP) is 3.95. The van der Waals surface area contributed by atoms with Crippen molar-refractivity contribution in [3.8, 4) is 28.6 Å². The van der Waals surface area contributed by atoms with Gasteiger partial charge in [-0.1, -0.05) is 41.1 Å². The van der Waals surface area contributed by atoms with Crippen molar-refractivity contribution in [2.24, 2.45) is 5.10 Å². The average molecular weight is 608 g/mol. The van der Waals surface area contributed by atoms with Gasteiger partial charge in [-0.25, -0.2) is 14.4 Å². The zero-order valence-corrected chi connectivity index (χ0v) is 22.7. The lowest BCUT2D eigenvalue weighted by Crippen LogP contribution is -2.19. The molecular weight excluding hydrogens is 589 g/mol. The number of nitrogens with zero attached hydrogens (tertiary/aromatic N) is 7. The van der Waals surface area contributed by atoms with Crippen LogP contribution in [0.3, 0.4) is 0 Å². The van der Waals surface area contributed by atoms with Crippen LogP contribution in [0.4, 0.5) is 15.9 Å². The first-order chi connectivity index (χ1) is 20.8. The standard InChI is InChI=1S/C26H19ClFN9O6/c1-41-20-10-3-6-15(23(20)42-13-17-18(27)8-4-9-19(17)28)12-30-32-26(38)21-22(14-5-2-7-16(11-14)37(39)40)36(35-31-21)25-24(29)33-43-34-25/h2-12H,13H2,1H3,(H2,29,33)(H,32,38)/b30-12+. The molecule has 218 valence electrons. The van der Waals surface area contributed by atoms with Gasteiger partial charge < -0.3 is 15.2 Å². The Morgan fingerprint density at radius 3 is 2.74 bits per heavy atom. The number of aromatic nitrogens is 5. The Kier molecular flexibility index (Phi) is 8.20. The highest BCUT2D eigenvalue weighted by molar-refractivity contribution is 6.31. The number of methoxy groups -OCH3 is 1. The number of rotatable bonds is 10. The third-order valence-corrected chi connectivity index (χ3v) is 6.29. The summed E-state index contributed by atoms with van der Waals surface area (Å²) in [6.45, 7) is -0.214. The minimum Gasteiger partial charge on any atom is -0.493 e. The number of anilines is 1. The molecule has 43 heavy (non-hydrogen) atoms. The first kappa shape index (κ1) is 28.6. The highest BCUT2D eigenvalue weighted by atomic mass is 35.5. The molecule has 3 aromatic carbocycles. The molecule has 5 rings (SSSR count). The highest BCUT2D eigenvalue weighted by Crippen LogP contribution is 2.32. The van der Waals surface area contributed by atoms with Gasteiger partial charge in [-0.15, -0.1) is 5.10 Å². The molecule has 1 amide bonds. The zero-order chi connectivity index (χ0) is 30.5. The van der Waals surface area contributed by atoms with Crippen LogP contribution in [0.2, 0.25) is 5.02 Å². The molecule has 0 saturated carbocycles. The van der Waals surface area contributed by atoms with E-state index in [1.54, 1.807) is 18.2 Å². The summed E-state index contributed by atoms with van der Waals surface area (Å²) in [5.41, 5.74) is 8.35. The Bertz CT molecular complexity index is 1840. The fraction of sp³-hybridized carbons (Fsp3) is 0.0769. The molecule has 0 unspecified atom stereocenters. The summed E-state index contributed by atoms with van der Waals surface area (Å²) in [5.74, 6) is -1.10. The molecule has 0 bridgehead atoms. The van der Waals surface area contributed by atoms with Gasteiger partial charge in [0.25, 0.3) is 11.6 Å². The van der Waals surface area contributed by atoms with Crippen molar-refractivity contribution in [2.75, 3.05) is 12.8 Å². The summed E-state index contributed by atoms with van der Waals surface area (Å²) >= 11 is 6.12. The molecule has 17 heteroatoms. The number of nitro benzene ring substituents is 1. The fourth-order valence-corrected chi connectivity index (χ4v) is 4.14. The second-order valence-electron chi connectivity index (χ2n) is 8.55. The maximum absolute atomic E-state index is 14.3. The van der Waals surface area contributed by atoms with Crippen molar-refractivity contribution in [1.29, 1.82) is 0 Å². The first-order valence-corrected chi connectivity index (χ1v) is 12.5. The second kappa shape index (κ2) is 12.3. The number of nitrogen functional groups attached to an aromatic ring is 1. The van der Waals surface area contributed by atoms with Crippen molar-refractivity contribution in [2.45, 2.75) is 6.61 Å². The predicted molar refractivity (Wildman–Crippen MR) is 150 cm³/mol. The van der Waals surface area contributed by atoms with Crippen LogP contribution >= 0.6 is 11.6 Å². The third-order valence-electron chi connectivity index (χ3n) is 5.93. The second-order valence-corrected chi connectivity index (χ2v) is 8.95. The highest BCUT2D eigenvalue weighted by Gasteiger charge is 2.26. The number of carbonyl (C=O) groups is 1. The van der Waals surface area contributed by atoms with E-state index in [4.69, 9.17) is 26.8 Å². The molecule has 2 heterocycles. The normalized spacial score (nSPS) is 11.0. The summed E-state index contributed by atoms with van der Waals surface area (Å²) in [4.78, 5) is 24.0. The molecule has 3 N–H and O–H groups in total. The molecule has 0 radical (unpaired) electrons. The first-order valence-electron chi connectivity index (χ1n) is 12.1. The Morgan fingerprint density at radius 2 is 2.02 bits per heavy atom. The molecule has 0 saturated heterocycles. The van der Waals surface area contributed by atoms with Crippen molar-refractivity contribution < 1.29 is 28.2 Å². The minimum atomic E-state index is -0.831. The van der Waals surface area contributed by atoms with Gasteiger partial charge >= 0.3 is 0 Å². The van der Waals surface area contributed by atoms with E-state index in [2.05, 4.69) is 35.8 Å². The number of non-ortho nitro benzene ring substituents is 1. The number of nitrogens with one attached hydrogen (secondary N) is 1. The number of hydrogen-bond donors (Lipinski definition) is 2. The summed E-state index contributed by atoms with van der Waals surface area (Å²) in [6, 6.07) is 14.6. The lowest BCUT2D eigenvalue weighted by atomic mass is 10.1. The van der Waals surface area contributed by atoms with E-state index < -0.39 is 16.6 Å². The molecule has 5 aromatic rings. The van der Waals surface area contributed by atoms with Crippen LogP contribution in [0.5, 0.6) is 11.5 Å². The van der Waals surface area contributed by atoms with Crippen LogP contribution in [0, 0.1) is 15.9 Å². The zero-order valence-electron chi connectivity index (χ0n) is 22.0. The van der Waals surface area contributed by atoms with E-state index in [9.17, 15) is 19.3 Å². The average Bonchev–Trinajstić information content (AvgIpc) is 3.63. The van der Waals surface area contributed by atoms with Crippen LogP contribution in [0.15, 0.2) is 70.4 Å². The molecule has 0 aliphatic heterocycles. The van der Waals surface area contributed by atoms with Crippen molar-refractivity contribution in [1.82, 2.24) is 30.7 Å². The molecule has 0 aliphatic carbocycles. The number of amides is 1. The number of halogens is 2. The van der Waals surface area contributed by atoms with Crippen molar-refractivity contribution in [3.05, 3.63) is 98.4 Å². The maximum Gasteiger partial charge on any atom is 0.294 e. The van der Waals surface area contributed by atoms with Crippen LogP contribution < -0.4 is 20.6 Å². The molecule has 2 aromatic heterocycles. The molecular formula is C26H19ClFN9O6. The monoisotopic (exact) mass is 607 g/mol. The number of nitro groups is 1. The number of ether oxygens (including phenoxy) is 2. The number of nitrogens with two attached hydrogens (primary N) is 1. The van der Waals surface area contributed by atoms with Gasteiger partial charge in [0.2, 0.25) is 11.6 Å². The van der Waals surface area contributed by atoms with Gasteiger partial charge in [-0.3, -0.25) is 14.9 Å². The lowest BCUT2D eigenvalue weighted by molar-refractivity contribution is -0.384. The van der Waals surface area contributed by atoms with E-state index >= 15 is 0 Å². The van der Waals surface area contributed by atoms with Crippen LogP contribution in [0.1, 0.15) is 21.6 Å². The Morgan fingerprint density at radius 1 is 1.23 bits per heavy atom. The number of benzene rings is 3. The number of hydrazone groups is 1. The fourth-order valence-electron chi connectivity index (χ4n) is 3.92. The summed E-state index contributed by atoms with van der Waals surface area (Å²) in [5, 5.41) is 30.6. The van der Waals surface area contributed by atoms with E-state index in [1.807, 2.05) is 0 Å². The van der Waals surface area contributed by atoms with Gasteiger partial charge in [0.1, 0.15) is 18.1 Å². The molecule has 0 aliphatic rings. The maximum atomic E-state index is 14.3. The van der Waals surface area contributed by atoms with Gasteiger partial charge in [0, 0.05) is 28.8 Å². The van der Waals surface area contributed by atoms with Gasteiger partial charge in [0.15, 0.2) is 17.2 Å². The van der Waals surface area contributed by atoms with Crippen LogP contribution in [-0.2, 0) is 6.61 Å². The van der Waals surface area contributed by atoms with Gasteiger partial charge in [-0.2, -0.15) is 9.78 Å². The van der Waals surface area contributed by atoms with E-state index in [1.165, 1.54) is 55.8 Å². The van der Waals surface area contributed by atoms with E-state index in [-0.39, 0.29) is 57.2 Å². The Hall–Kier alpha value is -5.90. The van der Waals surface area contributed by atoms with Crippen LogP contribution in [-0.4, -0.2) is 49.5 Å². The molecule has 0 spiro atoms. The van der Waals surface area contributed by atoms with E-state index in [0.717, 1.165) is 4.68 Å². The Balaban J connectivity index is 1.44. The SMILES string of the molecule is COc1cccc(/C=N/NC(=O)c2nnn(-c3nonc3N)c2-c2cccc([N+](=O)[O-])c2)c1OCc1c(F)cccc1Cl. The lowest BCUT2D eigenvalue weighted by Gasteiger charge is -2.14. The quantitative estimate of drug-likeness (QED) is 0.132. The van der Waals surface area contributed by atoms with Crippen molar-refractivity contribution >= 4 is 35.2 Å². The van der Waals surface area contributed by atoms with Gasteiger partial charge in [0.05, 0.1) is 23.3 Å². The molecule has 0 atom stereocenters. The van der Waals surface area contributed by atoms with Crippen LogP contribution in [0.25, 0.3) is 17.1 Å². The summed E-state index contributed by atoms with van der Waals surface area (Å²) in [6.07, 6.45) is 1.27. The van der Waals surface area contributed by atoms with Gasteiger partial charge in [-0.05, 0) is 34.6 Å².